The molecule has 1 atom stereocenters. The fourth-order valence-electron chi connectivity index (χ4n) is 3.19. The van der Waals surface area contributed by atoms with Gasteiger partial charge in [0.15, 0.2) is 0 Å². The number of imidazole rings is 1. The molecule has 0 spiro atoms. The summed E-state index contributed by atoms with van der Waals surface area (Å²) in [6.45, 7) is 12.2. The molecule has 0 saturated heterocycles. The molecule has 1 aromatic carbocycles. The summed E-state index contributed by atoms with van der Waals surface area (Å²) in [5, 5.41) is 9.02. The van der Waals surface area contributed by atoms with E-state index < -0.39 is 0 Å². The number of rotatable bonds is 4. The van der Waals surface area contributed by atoms with Gasteiger partial charge in [-0.15, -0.1) is 0 Å². The summed E-state index contributed by atoms with van der Waals surface area (Å²) >= 11 is 0. The van der Waals surface area contributed by atoms with E-state index in [4.69, 9.17) is 10.2 Å². The smallest absolute Gasteiger partial charge is 0.110 e. The lowest BCUT2D eigenvalue weighted by molar-refractivity contribution is 0.302. The Balaban J connectivity index is 2.33. The summed E-state index contributed by atoms with van der Waals surface area (Å²) in [5.41, 5.74) is 3.09. The lowest BCUT2D eigenvalue weighted by Crippen LogP contribution is -2.15. The highest BCUT2D eigenvalue weighted by atomic mass is 15.1. The van der Waals surface area contributed by atoms with Crippen molar-refractivity contribution in [2.24, 2.45) is 11.3 Å². The summed E-state index contributed by atoms with van der Waals surface area (Å²) in [7, 11) is 0. The van der Waals surface area contributed by atoms with Crippen molar-refractivity contribution in [3.63, 3.8) is 0 Å². The molecular formula is C18H25N3. The highest BCUT2D eigenvalue weighted by molar-refractivity contribution is 5.77. The Hall–Kier alpha value is -1.82. The molecule has 21 heavy (non-hydrogen) atoms. The summed E-state index contributed by atoms with van der Waals surface area (Å²) in [5.74, 6) is 1.74. The average Bonchev–Trinajstić information content (AvgIpc) is 2.71. The fraction of sp³-hybridized carbons (Fsp3) is 0.556. The van der Waals surface area contributed by atoms with Crippen LogP contribution < -0.4 is 0 Å². The molecule has 0 bridgehead atoms. The van der Waals surface area contributed by atoms with Gasteiger partial charge < -0.3 is 4.57 Å². The minimum absolute atomic E-state index is 0.344. The zero-order valence-electron chi connectivity index (χ0n) is 13.8. The number of hydrogen-bond acceptors (Lipinski definition) is 2. The minimum Gasteiger partial charge on any atom is -0.328 e. The van der Waals surface area contributed by atoms with Gasteiger partial charge in [0.2, 0.25) is 0 Å². The molecule has 0 radical (unpaired) electrons. The second-order valence-electron chi connectivity index (χ2n) is 7.16. The van der Waals surface area contributed by atoms with Gasteiger partial charge in [-0.05, 0) is 42.9 Å². The first kappa shape index (κ1) is 15.6. The SMILES string of the molecule is CCn1c(CC(C)CC(C)(C)C)nc2cc(C#N)ccc21. The number of nitriles is 1. The average molecular weight is 283 g/mol. The van der Waals surface area contributed by atoms with Crippen LogP contribution in [0.2, 0.25) is 0 Å². The topological polar surface area (TPSA) is 41.6 Å². The summed E-state index contributed by atoms with van der Waals surface area (Å²) < 4.78 is 2.27. The van der Waals surface area contributed by atoms with Gasteiger partial charge in [0.1, 0.15) is 5.82 Å². The van der Waals surface area contributed by atoms with E-state index in [1.807, 2.05) is 18.2 Å². The summed E-state index contributed by atoms with van der Waals surface area (Å²) in [4.78, 5) is 4.77. The van der Waals surface area contributed by atoms with Gasteiger partial charge in [-0.25, -0.2) is 4.98 Å². The third-order valence-electron chi connectivity index (χ3n) is 3.76. The highest BCUT2D eigenvalue weighted by Gasteiger charge is 2.18. The molecular weight excluding hydrogens is 258 g/mol. The third kappa shape index (κ3) is 3.64. The van der Waals surface area contributed by atoms with Crippen LogP contribution in [-0.2, 0) is 13.0 Å². The number of aromatic nitrogens is 2. The first-order valence-corrected chi connectivity index (χ1v) is 7.73. The van der Waals surface area contributed by atoms with Crippen molar-refractivity contribution < 1.29 is 0 Å². The van der Waals surface area contributed by atoms with Crippen LogP contribution in [0.5, 0.6) is 0 Å². The van der Waals surface area contributed by atoms with E-state index in [1.165, 1.54) is 6.42 Å². The molecule has 0 aliphatic heterocycles. The Labute approximate surface area is 127 Å². The number of nitrogens with zero attached hydrogens (tertiary/aromatic N) is 3. The zero-order valence-corrected chi connectivity index (χ0v) is 13.8. The molecule has 3 nitrogen and oxygen atoms in total. The molecule has 2 rings (SSSR count). The maximum absolute atomic E-state index is 9.02. The Morgan fingerprint density at radius 1 is 1.33 bits per heavy atom. The van der Waals surface area contributed by atoms with E-state index in [0.717, 1.165) is 29.8 Å². The highest BCUT2D eigenvalue weighted by Crippen LogP contribution is 2.27. The molecule has 3 heteroatoms. The van der Waals surface area contributed by atoms with Crippen molar-refractivity contribution in [1.29, 1.82) is 5.26 Å². The lowest BCUT2D eigenvalue weighted by atomic mass is 9.84. The monoisotopic (exact) mass is 283 g/mol. The molecule has 0 N–H and O–H groups in total. The van der Waals surface area contributed by atoms with Crippen molar-refractivity contribution >= 4 is 11.0 Å². The van der Waals surface area contributed by atoms with Crippen LogP contribution in [0.4, 0.5) is 0 Å². The molecule has 1 heterocycles. The van der Waals surface area contributed by atoms with Gasteiger partial charge in [-0.1, -0.05) is 27.7 Å². The molecule has 0 aliphatic carbocycles. The Morgan fingerprint density at radius 3 is 2.62 bits per heavy atom. The predicted molar refractivity (Wildman–Crippen MR) is 87.1 cm³/mol. The number of fused-ring (bicyclic) bond motifs is 1. The van der Waals surface area contributed by atoms with Crippen LogP contribution in [-0.4, -0.2) is 9.55 Å². The van der Waals surface area contributed by atoms with Crippen LogP contribution in [0.25, 0.3) is 11.0 Å². The van der Waals surface area contributed by atoms with E-state index in [1.54, 1.807) is 0 Å². The van der Waals surface area contributed by atoms with E-state index in [-0.39, 0.29) is 0 Å². The van der Waals surface area contributed by atoms with E-state index in [9.17, 15) is 0 Å². The normalized spacial score (nSPS) is 13.3. The van der Waals surface area contributed by atoms with Crippen LogP contribution in [0, 0.1) is 22.7 Å². The summed E-state index contributed by atoms with van der Waals surface area (Å²) in [6.07, 6.45) is 2.17. The number of benzene rings is 1. The van der Waals surface area contributed by atoms with Crippen molar-refractivity contribution in [1.82, 2.24) is 9.55 Å². The van der Waals surface area contributed by atoms with Crippen molar-refractivity contribution in [3.8, 4) is 6.07 Å². The minimum atomic E-state index is 0.344. The molecule has 0 amide bonds. The molecule has 112 valence electrons. The molecule has 0 fully saturated rings. The van der Waals surface area contributed by atoms with Crippen LogP contribution in [0.1, 0.15) is 52.4 Å². The van der Waals surface area contributed by atoms with Gasteiger partial charge in [0.05, 0.1) is 22.7 Å². The predicted octanol–water partition coefficient (Wildman–Crippen LogP) is 4.54. The van der Waals surface area contributed by atoms with Crippen LogP contribution in [0.15, 0.2) is 18.2 Å². The summed E-state index contributed by atoms with van der Waals surface area (Å²) in [6, 6.07) is 7.97. The Bertz CT molecular complexity index is 668. The van der Waals surface area contributed by atoms with Crippen molar-refractivity contribution in [2.75, 3.05) is 0 Å². The zero-order chi connectivity index (χ0) is 15.6. The van der Waals surface area contributed by atoms with E-state index in [0.29, 0.717) is 16.9 Å². The Kier molecular flexibility index (Phi) is 4.37. The first-order chi connectivity index (χ1) is 9.84. The standard InChI is InChI=1S/C18H25N3/c1-6-21-16-8-7-14(12-19)10-15(16)20-17(21)9-13(2)11-18(3,4)5/h7-8,10,13H,6,9,11H2,1-5H3. The van der Waals surface area contributed by atoms with E-state index >= 15 is 0 Å². The number of aryl methyl sites for hydroxylation is 1. The Morgan fingerprint density at radius 2 is 2.05 bits per heavy atom. The third-order valence-corrected chi connectivity index (χ3v) is 3.76. The largest absolute Gasteiger partial charge is 0.328 e. The van der Waals surface area contributed by atoms with Gasteiger partial charge in [-0.2, -0.15) is 5.26 Å². The second kappa shape index (κ2) is 5.89. The van der Waals surface area contributed by atoms with E-state index in [2.05, 4.69) is 45.3 Å². The molecule has 1 aromatic heterocycles. The quantitative estimate of drug-likeness (QED) is 0.826. The van der Waals surface area contributed by atoms with Crippen LogP contribution >= 0.6 is 0 Å². The molecule has 2 aromatic rings. The number of hydrogen-bond donors (Lipinski definition) is 0. The van der Waals surface area contributed by atoms with Crippen LogP contribution in [0.3, 0.4) is 0 Å². The first-order valence-electron chi connectivity index (χ1n) is 7.73. The van der Waals surface area contributed by atoms with Gasteiger partial charge in [-0.3, -0.25) is 0 Å². The molecule has 1 unspecified atom stereocenters. The fourth-order valence-corrected chi connectivity index (χ4v) is 3.19. The van der Waals surface area contributed by atoms with Gasteiger partial charge in [0, 0.05) is 13.0 Å². The maximum atomic E-state index is 9.02. The maximum Gasteiger partial charge on any atom is 0.110 e. The van der Waals surface area contributed by atoms with Crippen molar-refractivity contribution in [3.05, 3.63) is 29.6 Å². The van der Waals surface area contributed by atoms with Crippen molar-refractivity contribution in [2.45, 2.75) is 54.0 Å². The second-order valence-corrected chi connectivity index (χ2v) is 7.16. The molecule has 0 aliphatic rings. The molecule has 0 saturated carbocycles. The lowest BCUT2D eigenvalue weighted by Gasteiger charge is -2.23. The van der Waals surface area contributed by atoms with Gasteiger partial charge in [0.25, 0.3) is 0 Å². The van der Waals surface area contributed by atoms with Gasteiger partial charge >= 0.3 is 0 Å².